The molecular formula is C12H18N6O2S. The van der Waals surface area contributed by atoms with Gasteiger partial charge in [0.15, 0.2) is 5.03 Å². The van der Waals surface area contributed by atoms with Crippen molar-refractivity contribution in [3.63, 3.8) is 0 Å². The molecule has 1 saturated heterocycles. The average molecular weight is 310 g/mol. The number of nitrogens with one attached hydrogen (secondary N) is 1. The molecule has 3 N–H and O–H groups in total. The Hall–Kier alpha value is -1.87. The number of aryl methyl sites for hydroxylation is 1. The molecule has 0 radical (unpaired) electrons. The number of sulfonamides is 1. The summed E-state index contributed by atoms with van der Waals surface area (Å²) in [6.07, 6.45) is 4.63. The monoisotopic (exact) mass is 310 g/mol. The molecule has 2 aromatic heterocycles. The van der Waals surface area contributed by atoms with Crippen LogP contribution in [0.15, 0.2) is 23.5 Å². The van der Waals surface area contributed by atoms with Crippen molar-refractivity contribution in [2.45, 2.75) is 30.8 Å². The molecule has 2 aromatic rings. The maximum Gasteiger partial charge on any atom is 0.260 e. The van der Waals surface area contributed by atoms with Crippen molar-refractivity contribution >= 4 is 15.8 Å². The fourth-order valence-electron chi connectivity index (χ4n) is 2.57. The number of imidazole rings is 1. The Labute approximate surface area is 123 Å². The molecule has 0 aromatic carbocycles. The maximum absolute atomic E-state index is 12.5. The van der Waals surface area contributed by atoms with Gasteiger partial charge in [0, 0.05) is 19.3 Å². The van der Waals surface area contributed by atoms with E-state index in [4.69, 9.17) is 5.73 Å². The van der Waals surface area contributed by atoms with Gasteiger partial charge < -0.3 is 10.7 Å². The number of nitrogens with two attached hydrogens (primary N) is 1. The minimum absolute atomic E-state index is 0.154. The summed E-state index contributed by atoms with van der Waals surface area (Å²) in [4.78, 5) is 6.74. The van der Waals surface area contributed by atoms with E-state index in [1.165, 1.54) is 10.5 Å². The van der Waals surface area contributed by atoms with Crippen LogP contribution in [-0.2, 0) is 10.0 Å². The summed E-state index contributed by atoms with van der Waals surface area (Å²) in [6.45, 7) is 2.66. The molecule has 114 valence electrons. The molecule has 1 aliphatic heterocycles. The SMILES string of the molecule is Cc1ncc(S(=O)(=O)N2CCC(n3ccc(N)n3)CC2)[nH]1. The molecule has 0 bridgehead atoms. The van der Waals surface area contributed by atoms with Crippen LogP contribution in [0.5, 0.6) is 0 Å². The van der Waals surface area contributed by atoms with Crippen LogP contribution in [0.25, 0.3) is 0 Å². The minimum atomic E-state index is -3.48. The van der Waals surface area contributed by atoms with Gasteiger partial charge in [-0.25, -0.2) is 13.4 Å². The summed E-state index contributed by atoms with van der Waals surface area (Å²) in [5.41, 5.74) is 5.61. The molecular weight excluding hydrogens is 292 g/mol. The van der Waals surface area contributed by atoms with E-state index in [-0.39, 0.29) is 11.1 Å². The molecule has 21 heavy (non-hydrogen) atoms. The maximum atomic E-state index is 12.5. The summed E-state index contributed by atoms with van der Waals surface area (Å²) in [6, 6.07) is 1.94. The molecule has 0 spiro atoms. The van der Waals surface area contributed by atoms with Crippen LogP contribution in [0.3, 0.4) is 0 Å². The Morgan fingerprint density at radius 3 is 2.62 bits per heavy atom. The van der Waals surface area contributed by atoms with Crippen LogP contribution in [0, 0.1) is 6.92 Å². The lowest BCUT2D eigenvalue weighted by Crippen LogP contribution is -2.39. The van der Waals surface area contributed by atoms with Gasteiger partial charge in [-0.15, -0.1) is 0 Å². The van der Waals surface area contributed by atoms with Crippen LogP contribution >= 0.6 is 0 Å². The summed E-state index contributed by atoms with van der Waals surface area (Å²) in [7, 11) is -3.48. The van der Waals surface area contributed by atoms with Crippen LogP contribution in [-0.4, -0.2) is 45.6 Å². The highest BCUT2D eigenvalue weighted by Gasteiger charge is 2.31. The number of aromatic nitrogens is 4. The summed E-state index contributed by atoms with van der Waals surface area (Å²) < 4.78 is 28.2. The minimum Gasteiger partial charge on any atom is -0.382 e. The van der Waals surface area contributed by atoms with Gasteiger partial charge in [0.25, 0.3) is 10.0 Å². The number of anilines is 1. The van der Waals surface area contributed by atoms with Gasteiger partial charge in [-0.05, 0) is 25.8 Å². The first-order valence-electron chi connectivity index (χ1n) is 6.79. The molecule has 3 rings (SSSR count). The van der Waals surface area contributed by atoms with E-state index in [0.29, 0.717) is 37.6 Å². The number of H-pyrrole nitrogens is 1. The standard InChI is InChI=1S/C12H18N6O2S/c1-9-14-8-12(15-9)21(19,20)17-5-2-10(3-6-17)18-7-4-11(13)16-18/h4,7-8,10H,2-3,5-6H2,1H3,(H2,13,16)(H,14,15). The summed E-state index contributed by atoms with van der Waals surface area (Å²) in [5.74, 6) is 1.08. The number of nitrogens with zero attached hydrogens (tertiary/aromatic N) is 4. The number of aromatic amines is 1. The van der Waals surface area contributed by atoms with Crippen molar-refractivity contribution in [2.75, 3.05) is 18.8 Å². The van der Waals surface area contributed by atoms with Gasteiger partial charge in [-0.2, -0.15) is 9.40 Å². The number of hydrogen-bond acceptors (Lipinski definition) is 5. The van der Waals surface area contributed by atoms with Crippen LogP contribution < -0.4 is 5.73 Å². The zero-order valence-electron chi connectivity index (χ0n) is 11.7. The molecule has 1 aliphatic rings. The second-order valence-corrected chi connectivity index (χ2v) is 7.10. The van der Waals surface area contributed by atoms with E-state index >= 15 is 0 Å². The van der Waals surface area contributed by atoms with Crippen LogP contribution in [0.4, 0.5) is 5.82 Å². The molecule has 0 atom stereocenters. The lowest BCUT2D eigenvalue weighted by atomic mass is 10.1. The normalized spacial score (nSPS) is 18.1. The van der Waals surface area contributed by atoms with Crippen molar-refractivity contribution in [2.24, 2.45) is 0 Å². The highest BCUT2D eigenvalue weighted by molar-refractivity contribution is 7.89. The van der Waals surface area contributed by atoms with E-state index in [0.717, 1.165) is 0 Å². The zero-order chi connectivity index (χ0) is 15.0. The summed E-state index contributed by atoms with van der Waals surface area (Å²) in [5, 5.41) is 4.35. The van der Waals surface area contributed by atoms with E-state index in [2.05, 4.69) is 15.1 Å². The second kappa shape index (κ2) is 5.15. The Morgan fingerprint density at radius 2 is 2.10 bits per heavy atom. The molecule has 9 heteroatoms. The predicted octanol–water partition coefficient (Wildman–Crippen LogP) is 0.523. The van der Waals surface area contributed by atoms with Gasteiger partial charge in [0.05, 0.1) is 12.2 Å². The number of hydrogen-bond donors (Lipinski definition) is 2. The van der Waals surface area contributed by atoms with E-state index in [9.17, 15) is 8.42 Å². The van der Waals surface area contributed by atoms with Crippen molar-refractivity contribution in [3.05, 3.63) is 24.3 Å². The predicted molar refractivity (Wildman–Crippen MR) is 77.0 cm³/mol. The smallest absolute Gasteiger partial charge is 0.260 e. The lowest BCUT2D eigenvalue weighted by Gasteiger charge is -2.30. The van der Waals surface area contributed by atoms with E-state index < -0.39 is 10.0 Å². The molecule has 0 aliphatic carbocycles. The first-order chi connectivity index (χ1) is 9.96. The van der Waals surface area contributed by atoms with Gasteiger partial charge in [0.2, 0.25) is 0 Å². The van der Waals surface area contributed by atoms with Gasteiger partial charge in [-0.1, -0.05) is 0 Å². The van der Waals surface area contributed by atoms with Crippen molar-refractivity contribution < 1.29 is 8.42 Å². The Balaban J connectivity index is 1.71. The Kier molecular flexibility index (Phi) is 3.46. The quantitative estimate of drug-likeness (QED) is 0.859. The first-order valence-corrected chi connectivity index (χ1v) is 8.23. The lowest BCUT2D eigenvalue weighted by molar-refractivity contribution is 0.261. The summed E-state index contributed by atoms with van der Waals surface area (Å²) >= 11 is 0. The third-order valence-electron chi connectivity index (χ3n) is 3.72. The number of piperidine rings is 1. The largest absolute Gasteiger partial charge is 0.382 e. The molecule has 0 saturated carbocycles. The third kappa shape index (κ3) is 2.66. The average Bonchev–Trinajstić information content (AvgIpc) is 3.08. The fourth-order valence-corrected chi connectivity index (χ4v) is 4.00. The van der Waals surface area contributed by atoms with Gasteiger partial charge in [-0.3, -0.25) is 4.68 Å². The molecule has 0 amide bonds. The molecule has 8 nitrogen and oxygen atoms in total. The van der Waals surface area contributed by atoms with E-state index in [1.54, 1.807) is 13.0 Å². The highest BCUT2D eigenvalue weighted by Crippen LogP contribution is 2.26. The second-order valence-electron chi connectivity index (χ2n) is 5.19. The van der Waals surface area contributed by atoms with Gasteiger partial charge in [0.1, 0.15) is 11.6 Å². The van der Waals surface area contributed by atoms with Gasteiger partial charge >= 0.3 is 0 Å². The highest BCUT2D eigenvalue weighted by atomic mass is 32.2. The number of rotatable bonds is 3. The Bertz CT molecular complexity index is 727. The molecule has 3 heterocycles. The van der Waals surface area contributed by atoms with Crippen molar-refractivity contribution in [3.8, 4) is 0 Å². The molecule has 1 fully saturated rings. The van der Waals surface area contributed by atoms with Crippen LogP contribution in [0.1, 0.15) is 24.7 Å². The van der Waals surface area contributed by atoms with E-state index in [1.807, 2.05) is 10.9 Å². The first kappa shape index (κ1) is 14.1. The van der Waals surface area contributed by atoms with Crippen molar-refractivity contribution in [1.82, 2.24) is 24.1 Å². The third-order valence-corrected chi connectivity index (χ3v) is 5.53. The fraction of sp³-hybridized carbons (Fsp3) is 0.500. The Morgan fingerprint density at radius 1 is 1.38 bits per heavy atom. The van der Waals surface area contributed by atoms with Crippen LogP contribution in [0.2, 0.25) is 0 Å². The van der Waals surface area contributed by atoms with Crippen molar-refractivity contribution in [1.29, 1.82) is 0 Å². The number of nitrogen functional groups attached to an aromatic ring is 1. The molecule has 0 unspecified atom stereocenters. The zero-order valence-corrected chi connectivity index (χ0v) is 12.5. The topological polar surface area (TPSA) is 110 Å².